The number of aryl methyl sites for hydroxylation is 1. The van der Waals surface area contributed by atoms with Crippen LogP contribution in [0.25, 0.3) is 5.65 Å². The van der Waals surface area contributed by atoms with Crippen LogP contribution < -0.4 is 0 Å². The van der Waals surface area contributed by atoms with Gasteiger partial charge in [-0.3, -0.25) is 14.6 Å². The predicted octanol–water partition coefficient (Wildman–Crippen LogP) is 1.98. The van der Waals surface area contributed by atoms with Crippen molar-refractivity contribution in [3.8, 4) is 0 Å². The molecule has 1 amide bonds. The number of likely N-dealkylation sites (tertiary alicyclic amines) is 1. The molecule has 1 fully saturated rings. The smallest absolute Gasteiger partial charge is 0.308 e. The molecule has 0 radical (unpaired) electrons. The quantitative estimate of drug-likeness (QED) is 0.780. The Kier molecular flexibility index (Phi) is 3.91. The molecule has 7 heteroatoms. The Morgan fingerprint density at radius 1 is 1.19 bits per heavy atom. The van der Waals surface area contributed by atoms with Crippen molar-refractivity contribution < 1.29 is 14.7 Å². The summed E-state index contributed by atoms with van der Waals surface area (Å²) in [5.74, 6) is -2.07. The molecule has 132 valence electrons. The minimum absolute atomic E-state index is 0.167. The number of aromatic nitrogens is 3. The number of hydrogen-bond acceptors (Lipinski definition) is 4. The third-order valence-corrected chi connectivity index (χ3v) is 4.85. The molecule has 2 atom stereocenters. The van der Waals surface area contributed by atoms with E-state index in [4.69, 9.17) is 0 Å². The van der Waals surface area contributed by atoms with E-state index in [0.29, 0.717) is 17.9 Å². The van der Waals surface area contributed by atoms with Crippen LogP contribution in [0.5, 0.6) is 0 Å². The normalized spacial score (nSPS) is 19.8. The number of rotatable bonds is 3. The summed E-state index contributed by atoms with van der Waals surface area (Å²) in [5, 5.41) is 9.58. The molecule has 1 saturated heterocycles. The standard InChI is InChI=1S/C19H18N4O3/c1-12-4-5-17-21-16(11-22(17)8-12)18(24)23-9-14(15(10-23)19(25)26)13-3-2-6-20-7-13/h2-8,11,14-15H,9-10H2,1H3,(H,25,26)/t14-,15+/m1/s1. The third kappa shape index (κ3) is 2.81. The molecule has 3 aromatic heterocycles. The highest BCUT2D eigenvalue weighted by Gasteiger charge is 2.41. The van der Waals surface area contributed by atoms with Crippen LogP contribution >= 0.6 is 0 Å². The van der Waals surface area contributed by atoms with Crippen LogP contribution in [0.4, 0.5) is 0 Å². The van der Waals surface area contributed by atoms with E-state index in [1.165, 1.54) is 0 Å². The molecule has 0 spiro atoms. The number of carbonyl (C=O) groups excluding carboxylic acids is 1. The number of amides is 1. The molecule has 1 N–H and O–H groups in total. The van der Waals surface area contributed by atoms with E-state index in [1.54, 1.807) is 29.6 Å². The van der Waals surface area contributed by atoms with E-state index in [1.807, 2.05) is 35.7 Å². The zero-order valence-electron chi connectivity index (χ0n) is 14.2. The number of hydrogen-bond donors (Lipinski definition) is 1. The van der Waals surface area contributed by atoms with Crippen LogP contribution in [-0.2, 0) is 4.79 Å². The highest BCUT2D eigenvalue weighted by atomic mass is 16.4. The Balaban J connectivity index is 1.62. The monoisotopic (exact) mass is 350 g/mol. The molecular weight excluding hydrogens is 332 g/mol. The molecule has 0 unspecified atom stereocenters. The predicted molar refractivity (Wildman–Crippen MR) is 93.9 cm³/mol. The van der Waals surface area contributed by atoms with Crippen LogP contribution in [0.1, 0.15) is 27.5 Å². The zero-order valence-corrected chi connectivity index (χ0v) is 14.2. The van der Waals surface area contributed by atoms with E-state index >= 15 is 0 Å². The first-order chi connectivity index (χ1) is 12.5. The van der Waals surface area contributed by atoms with Gasteiger partial charge in [-0.25, -0.2) is 4.98 Å². The van der Waals surface area contributed by atoms with E-state index in [9.17, 15) is 14.7 Å². The van der Waals surface area contributed by atoms with E-state index in [0.717, 1.165) is 11.1 Å². The van der Waals surface area contributed by atoms with Crippen LogP contribution in [0.2, 0.25) is 0 Å². The minimum Gasteiger partial charge on any atom is -0.481 e. The molecule has 7 nitrogen and oxygen atoms in total. The number of imidazole rings is 1. The van der Waals surface area contributed by atoms with E-state index < -0.39 is 11.9 Å². The second kappa shape index (κ2) is 6.25. The fourth-order valence-electron chi connectivity index (χ4n) is 3.52. The van der Waals surface area contributed by atoms with Gasteiger partial charge in [-0.2, -0.15) is 0 Å². The average molecular weight is 350 g/mol. The lowest BCUT2D eigenvalue weighted by Crippen LogP contribution is -2.30. The largest absolute Gasteiger partial charge is 0.481 e. The number of fused-ring (bicyclic) bond motifs is 1. The first-order valence-corrected chi connectivity index (χ1v) is 8.40. The van der Waals surface area contributed by atoms with Crippen molar-refractivity contribution >= 4 is 17.5 Å². The summed E-state index contributed by atoms with van der Waals surface area (Å²) in [5.41, 5.74) is 2.92. The molecule has 3 aromatic rings. The molecule has 1 aliphatic heterocycles. The number of carboxylic acids is 1. The van der Waals surface area contributed by atoms with Crippen molar-refractivity contribution in [3.63, 3.8) is 0 Å². The molecule has 0 saturated carbocycles. The molecule has 4 rings (SSSR count). The molecule has 0 aromatic carbocycles. The number of pyridine rings is 2. The van der Waals surface area contributed by atoms with Crippen molar-refractivity contribution in [2.24, 2.45) is 5.92 Å². The molecular formula is C19H18N4O3. The Morgan fingerprint density at radius 3 is 2.77 bits per heavy atom. The van der Waals surface area contributed by atoms with Gasteiger partial charge in [0.15, 0.2) is 0 Å². The number of carbonyl (C=O) groups is 2. The summed E-state index contributed by atoms with van der Waals surface area (Å²) in [6.45, 7) is 2.48. The highest BCUT2D eigenvalue weighted by molar-refractivity contribution is 5.93. The lowest BCUT2D eigenvalue weighted by Gasteiger charge is -2.15. The highest BCUT2D eigenvalue weighted by Crippen LogP contribution is 2.33. The van der Waals surface area contributed by atoms with Crippen molar-refractivity contribution in [2.75, 3.05) is 13.1 Å². The Bertz CT molecular complexity index is 983. The fourth-order valence-corrected chi connectivity index (χ4v) is 3.52. The Labute approximate surface area is 149 Å². The Hall–Kier alpha value is -3.22. The second-order valence-electron chi connectivity index (χ2n) is 6.65. The molecule has 4 heterocycles. The summed E-state index contributed by atoms with van der Waals surface area (Å²) in [4.78, 5) is 34.6. The van der Waals surface area contributed by atoms with E-state index in [-0.39, 0.29) is 18.4 Å². The average Bonchev–Trinajstić information content (AvgIpc) is 3.26. The van der Waals surface area contributed by atoms with Crippen molar-refractivity contribution in [1.29, 1.82) is 0 Å². The van der Waals surface area contributed by atoms with Crippen LogP contribution in [-0.4, -0.2) is 49.3 Å². The van der Waals surface area contributed by atoms with Gasteiger partial charge in [-0.1, -0.05) is 12.1 Å². The van der Waals surface area contributed by atoms with Crippen molar-refractivity contribution in [3.05, 3.63) is 65.9 Å². The Morgan fingerprint density at radius 2 is 2.04 bits per heavy atom. The van der Waals surface area contributed by atoms with E-state index in [2.05, 4.69) is 9.97 Å². The second-order valence-corrected chi connectivity index (χ2v) is 6.65. The van der Waals surface area contributed by atoms with Gasteiger partial charge >= 0.3 is 5.97 Å². The maximum atomic E-state index is 12.9. The first kappa shape index (κ1) is 16.3. The summed E-state index contributed by atoms with van der Waals surface area (Å²) in [6, 6.07) is 7.43. The van der Waals surface area contributed by atoms with Gasteiger partial charge in [0, 0.05) is 43.8 Å². The summed E-state index contributed by atoms with van der Waals surface area (Å²) < 4.78 is 1.81. The lowest BCUT2D eigenvalue weighted by molar-refractivity contribution is -0.141. The SMILES string of the molecule is Cc1ccc2nc(C(=O)N3C[C@H](C(=O)O)[C@@H](c4cccnc4)C3)cn2c1. The molecule has 0 bridgehead atoms. The lowest BCUT2D eigenvalue weighted by atomic mass is 9.90. The first-order valence-electron chi connectivity index (χ1n) is 8.40. The summed E-state index contributed by atoms with van der Waals surface area (Å²) in [6.07, 6.45) is 6.91. The number of carboxylic acid groups (broad SMARTS) is 1. The minimum atomic E-state index is -0.903. The summed E-state index contributed by atoms with van der Waals surface area (Å²) in [7, 11) is 0. The summed E-state index contributed by atoms with van der Waals surface area (Å²) >= 11 is 0. The van der Waals surface area contributed by atoms with Crippen molar-refractivity contribution in [2.45, 2.75) is 12.8 Å². The molecule has 26 heavy (non-hydrogen) atoms. The number of aliphatic carboxylic acids is 1. The van der Waals surface area contributed by atoms with Gasteiger partial charge in [0.05, 0.1) is 5.92 Å². The number of nitrogens with zero attached hydrogens (tertiary/aromatic N) is 4. The molecule has 1 aliphatic rings. The van der Waals surface area contributed by atoms with Gasteiger partial charge in [-0.15, -0.1) is 0 Å². The van der Waals surface area contributed by atoms with Gasteiger partial charge in [-0.05, 0) is 30.2 Å². The van der Waals surface area contributed by atoms with Crippen molar-refractivity contribution in [1.82, 2.24) is 19.3 Å². The van der Waals surface area contributed by atoms with Gasteiger partial charge in [0.25, 0.3) is 5.91 Å². The van der Waals surface area contributed by atoms with Crippen LogP contribution in [0.15, 0.2) is 49.1 Å². The van der Waals surface area contributed by atoms with Crippen LogP contribution in [0, 0.1) is 12.8 Å². The third-order valence-electron chi connectivity index (χ3n) is 4.85. The molecule has 0 aliphatic carbocycles. The maximum absolute atomic E-state index is 12.9. The van der Waals surface area contributed by atoms with Gasteiger partial charge in [0.2, 0.25) is 0 Å². The maximum Gasteiger partial charge on any atom is 0.308 e. The van der Waals surface area contributed by atoms with Gasteiger partial charge < -0.3 is 14.4 Å². The van der Waals surface area contributed by atoms with Crippen LogP contribution in [0.3, 0.4) is 0 Å². The topological polar surface area (TPSA) is 87.8 Å². The van der Waals surface area contributed by atoms with Gasteiger partial charge in [0.1, 0.15) is 11.3 Å². The fraction of sp³-hybridized carbons (Fsp3) is 0.263. The zero-order chi connectivity index (χ0) is 18.3.